The van der Waals surface area contributed by atoms with Gasteiger partial charge < -0.3 is 9.84 Å². The summed E-state index contributed by atoms with van der Waals surface area (Å²) >= 11 is 0. The monoisotopic (exact) mass is 313 g/mol. The van der Waals surface area contributed by atoms with Gasteiger partial charge >= 0.3 is 5.97 Å². The average Bonchev–Trinajstić information content (AvgIpc) is 2.48. The van der Waals surface area contributed by atoms with Crippen molar-refractivity contribution in [3.05, 3.63) is 23.8 Å². The van der Waals surface area contributed by atoms with Gasteiger partial charge in [-0.1, -0.05) is 6.42 Å². The Balaban J connectivity index is 2.39. The smallest absolute Gasteiger partial charge is 0.339 e. The summed E-state index contributed by atoms with van der Waals surface area (Å²) in [6, 6.07) is 3.99. The number of carboxylic acid groups (broad SMARTS) is 1. The Morgan fingerprint density at radius 1 is 1.29 bits per heavy atom. The summed E-state index contributed by atoms with van der Waals surface area (Å²) in [4.78, 5) is 11.3. The van der Waals surface area contributed by atoms with Gasteiger partial charge in [0.25, 0.3) is 0 Å². The van der Waals surface area contributed by atoms with Gasteiger partial charge in [-0.15, -0.1) is 0 Å². The standard InChI is InChI=1S/C14H19NO5S/c1-2-20-13-7-6-11(10-12(13)14(16)17)21(18,19)15-8-4-3-5-9-15/h6-7,10H,2-5,8-9H2,1H3,(H,16,17). The molecule has 21 heavy (non-hydrogen) atoms. The van der Waals surface area contributed by atoms with Crippen LogP contribution in [0.2, 0.25) is 0 Å². The number of carbonyl (C=O) groups is 1. The lowest BCUT2D eigenvalue weighted by Gasteiger charge is -2.26. The van der Waals surface area contributed by atoms with Gasteiger partial charge in [-0.2, -0.15) is 4.31 Å². The maximum atomic E-state index is 12.5. The number of nitrogens with zero attached hydrogens (tertiary/aromatic N) is 1. The summed E-state index contributed by atoms with van der Waals surface area (Å²) in [6.45, 7) is 3.03. The molecule has 116 valence electrons. The second-order valence-corrected chi connectivity index (χ2v) is 6.80. The molecular formula is C14H19NO5S. The topological polar surface area (TPSA) is 83.9 Å². The summed E-state index contributed by atoms with van der Waals surface area (Å²) in [5.74, 6) is -1.02. The molecule has 1 aliphatic rings. The maximum absolute atomic E-state index is 12.5. The SMILES string of the molecule is CCOc1ccc(S(=O)(=O)N2CCCCC2)cc1C(=O)O. The van der Waals surface area contributed by atoms with Gasteiger partial charge in [0.15, 0.2) is 0 Å². The quantitative estimate of drug-likeness (QED) is 0.898. The van der Waals surface area contributed by atoms with Gasteiger partial charge in [-0.3, -0.25) is 0 Å². The first-order valence-corrected chi connectivity index (χ1v) is 8.41. The minimum Gasteiger partial charge on any atom is -0.493 e. The molecule has 1 heterocycles. The van der Waals surface area contributed by atoms with Crippen LogP contribution in [0.3, 0.4) is 0 Å². The van der Waals surface area contributed by atoms with E-state index in [4.69, 9.17) is 4.74 Å². The number of rotatable bonds is 5. The highest BCUT2D eigenvalue weighted by Gasteiger charge is 2.27. The fraction of sp³-hybridized carbons (Fsp3) is 0.500. The highest BCUT2D eigenvalue weighted by atomic mass is 32.2. The average molecular weight is 313 g/mol. The number of aromatic carboxylic acids is 1. The van der Waals surface area contributed by atoms with E-state index in [1.165, 1.54) is 22.5 Å². The number of ether oxygens (including phenoxy) is 1. The lowest BCUT2D eigenvalue weighted by Crippen LogP contribution is -2.35. The first-order valence-electron chi connectivity index (χ1n) is 6.97. The van der Waals surface area contributed by atoms with Crippen molar-refractivity contribution in [1.29, 1.82) is 0 Å². The second kappa shape index (κ2) is 6.44. The number of benzene rings is 1. The van der Waals surface area contributed by atoms with Crippen LogP contribution in [0.1, 0.15) is 36.5 Å². The molecule has 1 fully saturated rings. The van der Waals surface area contributed by atoms with Crippen molar-refractivity contribution in [1.82, 2.24) is 4.31 Å². The van der Waals surface area contributed by atoms with Crippen LogP contribution in [-0.4, -0.2) is 43.5 Å². The highest BCUT2D eigenvalue weighted by molar-refractivity contribution is 7.89. The molecule has 0 unspecified atom stereocenters. The van der Waals surface area contributed by atoms with E-state index in [-0.39, 0.29) is 16.2 Å². The molecule has 0 spiro atoms. The molecule has 0 bridgehead atoms. The zero-order valence-corrected chi connectivity index (χ0v) is 12.7. The Morgan fingerprint density at radius 2 is 1.95 bits per heavy atom. The first kappa shape index (κ1) is 15.8. The third-order valence-corrected chi connectivity index (χ3v) is 5.33. The zero-order valence-electron chi connectivity index (χ0n) is 11.9. The minimum atomic E-state index is -3.64. The van der Waals surface area contributed by atoms with Crippen LogP contribution in [0.15, 0.2) is 23.1 Å². The fourth-order valence-electron chi connectivity index (χ4n) is 2.37. The fourth-order valence-corrected chi connectivity index (χ4v) is 3.92. The Morgan fingerprint density at radius 3 is 2.52 bits per heavy atom. The van der Waals surface area contributed by atoms with Gasteiger partial charge in [0.05, 0.1) is 11.5 Å². The molecule has 0 saturated carbocycles. The molecule has 6 nitrogen and oxygen atoms in total. The van der Waals surface area contributed by atoms with Crippen LogP contribution in [0, 0.1) is 0 Å². The van der Waals surface area contributed by atoms with Crippen LogP contribution in [0.25, 0.3) is 0 Å². The molecule has 0 aromatic heterocycles. The van der Waals surface area contributed by atoms with E-state index < -0.39 is 16.0 Å². The van der Waals surface area contributed by atoms with Crippen molar-refractivity contribution in [2.75, 3.05) is 19.7 Å². The summed E-state index contributed by atoms with van der Waals surface area (Å²) in [7, 11) is -3.64. The van der Waals surface area contributed by atoms with Crippen molar-refractivity contribution >= 4 is 16.0 Å². The number of hydrogen-bond acceptors (Lipinski definition) is 4. The van der Waals surface area contributed by atoms with Crippen molar-refractivity contribution in [3.63, 3.8) is 0 Å². The van der Waals surface area contributed by atoms with E-state index in [1.54, 1.807) is 6.92 Å². The van der Waals surface area contributed by atoms with Crippen molar-refractivity contribution in [2.24, 2.45) is 0 Å². The van der Waals surface area contributed by atoms with Crippen molar-refractivity contribution in [3.8, 4) is 5.75 Å². The van der Waals surface area contributed by atoms with Crippen LogP contribution in [-0.2, 0) is 10.0 Å². The van der Waals surface area contributed by atoms with Gasteiger partial charge in [0, 0.05) is 13.1 Å². The number of sulfonamides is 1. The summed E-state index contributed by atoms with van der Waals surface area (Å²) in [5.41, 5.74) is -0.130. The molecular weight excluding hydrogens is 294 g/mol. The predicted molar refractivity (Wildman–Crippen MR) is 77.2 cm³/mol. The molecule has 1 N–H and O–H groups in total. The van der Waals surface area contributed by atoms with Gasteiger partial charge in [0.2, 0.25) is 10.0 Å². The molecule has 0 aliphatic carbocycles. The lowest BCUT2D eigenvalue weighted by atomic mass is 10.2. The Bertz CT molecular complexity index is 620. The highest BCUT2D eigenvalue weighted by Crippen LogP contribution is 2.26. The summed E-state index contributed by atoms with van der Waals surface area (Å²) in [5, 5.41) is 9.20. The molecule has 1 aliphatic heterocycles. The molecule has 0 atom stereocenters. The first-order chi connectivity index (χ1) is 9.96. The van der Waals surface area contributed by atoms with Gasteiger partial charge in [-0.25, -0.2) is 13.2 Å². The van der Waals surface area contributed by atoms with E-state index in [9.17, 15) is 18.3 Å². The van der Waals surface area contributed by atoms with E-state index in [0.717, 1.165) is 19.3 Å². The van der Waals surface area contributed by atoms with Crippen molar-refractivity contribution < 1.29 is 23.1 Å². The normalized spacial score (nSPS) is 16.6. The maximum Gasteiger partial charge on any atom is 0.339 e. The minimum absolute atomic E-state index is 0.00486. The van der Waals surface area contributed by atoms with Crippen LogP contribution in [0.4, 0.5) is 0 Å². The Kier molecular flexibility index (Phi) is 4.84. The molecule has 7 heteroatoms. The molecule has 0 radical (unpaired) electrons. The number of hydrogen-bond donors (Lipinski definition) is 1. The molecule has 2 rings (SSSR count). The van der Waals surface area contributed by atoms with E-state index in [2.05, 4.69) is 0 Å². The Hall–Kier alpha value is -1.60. The molecule has 1 aromatic rings. The predicted octanol–water partition coefficient (Wildman–Crippen LogP) is 1.96. The van der Waals surface area contributed by atoms with Crippen molar-refractivity contribution in [2.45, 2.75) is 31.1 Å². The number of piperidine rings is 1. The van der Waals surface area contributed by atoms with Crippen LogP contribution >= 0.6 is 0 Å². The van der Waals surface area contributed by atoms with Crippen LogP contribution in [0.5, 0.6) is 5.75 Å². The van der Waals surface area contributed by atoms with E-state index in [0.29, 0.717) is 19.7 Å². The number of carboxylic acids is 1. The van der Waals surface area contributed by atoms with E-state index >= 15 is 0 Å². The third-order valence-electron chi connectivity index (χ3n) is 3.43. The third kappa shape index (κ3) is 3.36. The molecule has 1 aromatic carbocycles. The molecule has 0 amide bonds. The Labute approximate surface area is 124 Å². The summed E-state index contributed by atoms with van der Waals surface area (Å²) < 4.78 is 31.7. The second-order valence-electron chi connectivity index (χ2n) is 4.86. The summed E-state index contributed by atoms with van der Waals surface area (Å²) in [6.07, 6.45) is 2.69. The van der Waals surface area contributed by atoms with E-state index in [1.807, 2.05) is 0 Å². The zero-order chi connectivity index (χ0) is 15.5. The largest absolute Gasteiger partial charge is 0.493 e. The van der Waals surface area contributed by atoms with Gasteiger partial charge in [0.1, 0.15) is 11.3 Å². The lowest BCUT2D eigenvalue weighted by molar-refractivity contribution is 0.0692. The van der Waals surface area contributed by atoms with Gasteiger partial charge in [-0.05, 0) is 38.0 Å². The van der Waals surface area contributed by atoms with Crippen LogP contribution < -0.4 is 4.74 Å². The molecule has 1 saturated heterocycles.